The minimum Gasteiger partial charge on any atom is -0.463 e. The predicted octanol–water partition coefficient (Wildman–Crippen LogP) is 2.23. The summed E-state index contributed by atoms with van der Waals surface area (Å²) >= 11 is 0. The fourth-order valence-corrected chi connectivity index (χ4v) is 4.04. The maximum Gasteiger partial charge on any atom is 0.306 e. The smallest absolute Gasteiger partial charge is 0.306 e. The van der Waals surface area contributed by atoms with E-state index in [1.165, 1.54) is 19.3 Å². The summed E-state index contributed by atoms with van der Waals surface area (Å²) < 4.78 is 5.41. The van der Waals surface area contributed by atoms with Gasteiger partial charge in [0.2, 0.25) is 11.8 Å². The molecule has 2 aliphatic rings. The number of hydrogen-bond donors (Lipinski definition) is 3. The van der Waals surface area contributed by atoms with Gasteiger partial charge < -0.3 is 20.5 Å². The van der Waals surface area contributed by atoms with Crippen LogP contribution in [-0.4, -0.2) is 48.2 Å². The molecule has 164 valence electrons. The Bertz CT molecular complexity index is 572. The Morgan fingerprint density at radius 3 is 2.76 bits per heavy atom. The van der Waals surface area contributed by atoms with Gasteiger partial charge in [-0.05, 0) is 32.1 Å². The molecule has 1 saturated carbocycles. The monoisotopic (exact) mass is 408 g/mol. The average Bonchev–Trinajstić information content (AvgIpc) is 2.70. The quantitative estimate of drug-likeness (QED) is 0.462. The van der Waals surface area contributed by atoms with Crippen LogP contribution in [0.25, 0.3) is 0 Å². The zero-order valence-electron chi connectivity index (χ0n) is 17.5. The summed E-state index contributed by atoms with van der Waals surface area (Å²) in [5.41, 5.74) is 0. The molecule has 1 fully saturated rings. The molecule has 3 atom stereocenters. The molecule has 1 aliphatic carbocycles. The molecule has 7 heteroatoms. The van der Waals surface area contributed by atoms with Gasteiger partial charge in [0, 0.05) is 18.9 Å². The van der Waals surface area contributed by atoms with Gasteiger partial charge in [0.15, 0.2) is 0 Å². The molecule has 0 bridgehead atoms. The van der Waals surface area contributed by atoms with Gasteiger partial charge >= 0.3 is 5.97 Å². The molecule has 0 aromatic rings. The number of ether oxygens (including phenoxy) is 1. The maximum atomic E-state index is 12.9. The molecule has 2 amide bonds. The zero-order chi connectivity index (χ0) is 21.1. The van der Waals surface area contributed by atoms with E-state index in [9.17, 15) is 14.4 Å². The Morgan fingerprint density at radius 1 is 1.28 bits per heavy atom. The first-order valence-corrected chi connectivity index (χ1v) is 11.0. The highest BCUT2D eigenvalue weighted by Crippen LogP contribution is 2.27. The number of rotatable bonds is 6. The van der Waals surface area contributed by atoms with E-state index in [2.05, 4.69) is 10.6 Å². The van der Waals surface area contributed by atoms with E-state index in [4.69, 9.17) is 9.84 Å². The molecule has 0 radical (unpaired) electrons. The lowest BCUT2D eigenvalue weighted by Gasteiger charge is -2.28. The van der Waals surface area contributed by atoms with Crippen molar-refractivity contribution in [2.24, 2.45) is 11.8 Å². The summed E-state index contributed by atoms with van der Waals surface area (Å²) in [4.78, 5) is 37.1. The second kappa shape index (κ2) is 12.6. The number of nitrogens with one attached hydrogen (secondary N) is 2. The van der Waals surface area contributed by atoms with Gasteiger partial charge in [-0.1, -0.05) is 44.3 Å². The molecule has 1 heterocycles. The van der Waals surface area contributed by atoms with Crippen LogP contribution in [0.4, 0.5) is 0 Å². The van der Waals surface area contributed by atoms with E-state index in [0.29, 0.717) is 25.2 Å². The van der Waals surface area contributed by atoms with Crippen LogP contribution < -0.4 is 10.6 Å². The van der Waals surface area contributed by atoms with Crippen molar-refractivity contribution in [3.63, 3.8) is 0 Å². The van der Waals surface area contributed by atoms with Crippen LogP contribution in [0.1, 0.15) is 71.1 Å². The van der Waals surface area contributed by atoms with Crippen molar-refractivity contribution in [1.29, 1.82) is 0 Å². The normalized spacial score (nSPS) is 25.9. The van der Waals surface area contributed by atoms with Crippen molar-refractivity contribution in [1.82, 2.24) is 10.6 Å². The first kappa shape index (κ1) is 23.4. The standard InChI is InChI=1S/C22H36N2O5/c1-16(14-25)23-20(26)13-18-10-6-3-7-11-21(27)29-15-19(24-22(18)28)12-17-8-4-2-5-9-17/h3,6,16-19,25H,2,4-5,7-15H2,1H3,(H,23,26)(H,24,28). The summed E-state index contributed by atoms with van der Waals surface area (Å²) in [5.74, 6) is -0.623. The van der Waals surface area contributed by atoms with Gasteiger partial charge in [-0.25, -0.2) is 0 Å². The summed E-state index contributed by atoms with van der Waals surface area (Å²) in [6.45, 7) is 1.76. The van der Waals surface area contributed by atoms with Crippen molar-refractivity contribution in [3.05, 3.63) is 12.2 Å². The van der Waals surface area contributed by atoms with Crippen LogP contribution in [0, 0.1) is 11.8 Å². The lowest BCUT2D eigenvalue weighted by molar-refractivity contribution is -0.145. The summed E-state index contributed by atoms with van der Waals surface area (Å²) in [5, 5.41) is 14.9. The Hall–Kier alpha value is -1.89. The third-order valence-electron chi connectivity index (χ3n) is 5.72. The molecular formula is C22H36N2O5. The molecule has 3 unspecified atom stereocenters. The van der Waals surface area contributed by atoms with E-state index in [0.717, 1.165) is 19.3 Å². The summed E-state index contributed by atoms with van der Waals surface area (Å²) in [6, 6.07) is -0.564. The fourth-order valence-electron chi connectivity index (χ4n) is 4.04. The van der Waals surface area contributed by atoms with Crippen molar-refractivity contribution in [2.75, 3.05) is 13.2 Å². The van der Waals surface area contributed by atoms with Gasteiger partial charge in [0.25, 0.3) is 0 Å². The molecule has 0 aromatic heterocycles. The number of cyclic esters (lactones) is 1. The van der Waals surface area contributed by atoms with Gasteiger partial charge in [-0.15, -0.1) is 0 Å². The SMILES string of the molecule is CC(CO)NC(=O)CC1CC=CCCC(=O)OCC(CC2CCCCC2)NC1=O. The van der Waals surface area contributed by atoms with Crippen LogP contribution >= 0.6 is 0 Å². The third-order valence-corrected chi connectivity index (χ3v) is 5.72. The van der Waals surface area contributed by atoms with E-state index in [1.54, 1.807) is 6.92 Å². The van der Waals surface area contributed by atoms with Crippen LogP contribution in [0.5, 0.6) is 0 Å². The van der Waals surface area contributed by atoms with Crippen LogP contribution in [0.15, 0.2) is 12.2 Å². The van der Waals surface area contributed by atoms with Gasteiger partial charge in [0.1, 0.15) is 6.61 Å². The number of aliphatic hydroxyl groups excluding tert-OH is 1. The van der Waals surface area contributed by atoms with E-state index >= 15 is 0 Å². The number of aliphatic hydroxyl groups is 1. The average molecular weight is 409 g/mol. The molecule has 2 rings (SSSR count). The zero-order valence-corrected chi connectivity index (χ0v) is 17.5. The summed E-state index contributed by atoms with van der Waals surface area (Å²) in [7, 11) is 0. The molecule has 29 heavy (non-hydrogen) atoms. The van der Waals surface area contributed by atoms with Crippen LogP contribution in [0.3, 0.4) is 0 Å². The second-order valence-corrected chi connectivity index (χ2v) is 8.43. The van der Waals surface area contributed by atoms with Crippen LogP contribution in [-0.2, 0) is 19.1 Å². The predicted molar refractivity (Wildman–Crippen MR) is 110 cm³/mol. The molecule has 1 aliphatic heterocycles. The van der Waals surface area contributed by atoms with Crippen molar-refractivity contribution >= 4 is 17.8 Å². The molecular weight excluding hydrogens is 372 g/mol. The molecule has 0 aromatic carbocycles. The van der Waals surface area contributed by atoms with Gasteiger partial charge in [-0.3, -0.25) is 14.4 Å². The van der Waals surface area contributed by atoms with Crippen LogP contribution in [0.2, 0.25) is 0 Å². The molecule has 0 spiro atoms. The number of esters is 1. The molecule has 3 N–H and O–H groups in total. The number of allylic oxidation sites excluding steroid dienone is 2. The van der Waals surface area contributed by atoms with Gasteiger partial charge in [0.05, 0.1) is 18.6 Å². The molecule has 0 saturated heterocycles. The summed E-state index contributed by atoms with van der Waals surface area (Å²) in [6.07, 6.45) is 11.9. The topological polar surface area (TPSA) is 105 Å². The van der Waals surface area contributed by atoms with Crippen molar-refractivity contribution < 1.29 is 24.2 Å². The largest absolute Gasteiger partial charge is 0.463 e. The maximum absolute atomic E-state index is 12.9. The fraction of sp³-hybridized carbons (Fsp3) is 0.773. The number of amides is 2. The lowest BCUT2D eigenvalue weighted by atomic mass is 9.84. The third kappa shape index (κ3) is 8.98. The van der Waals surface area contributed by atoms with Gasteiger partial charge in [-0.2, -0.15) is 0 Å². The lowest BCUT2D eigenvalue weighted by Crippen LogP contribution is -2.45. The minimum absolute atomic E-state index is 0.0659. The Kier molecular flexibility index (Phi) is 10.2. The van der Waals surface area contributed by atoms with Crippen molar-refractivity contribution in [2.45, 2.75) is 83.2 Å². The first-order chi connectivity index (χ1) is 14.0. The minimum atomic E-state index is -0.485. The number of hydrogen-bond acceptors (Lipinski definition) is 5. The highest BCUT2D eigenvalue weighted by Gasteiger charge is 2.27. The number of carbonyl (C=O) groups excluding carboxylic acids is 3. The highest BCUT2D eigenvalue weighted by molar-refractivity contribution is 5.86. The van der Waals surface area contributed by atoms with E-state index in [1.807, 2.05) is 12.2 Å². The number of carbonyl (C=O) groups is 3. The Balaban J connectivity index is 2.04. The van der Waals surface area contributed by atoms with E-state index in [-0.39, 0.29) is 49.5 Å². The molecule has 7 nitrogen and oxygen atoms in total. The first-order valence-electron chi connectivity index (χ1n) is 11.0. The van der Waals surface area contributed by atoms with Crippen molar-refractivity contribution in [3.8, 4) is 0 Å². The Labute approximate surface area is 173 Å². The highest BCUT2D eigenvalue weighted by atomic mass is 16.5. The second-order valence-electron chi connectivity index (χ2n) is 8.43. The Morgan fingerprint density at radius 2 is 2.03 bits per heavy atom. The van der Waals surface area contributed by atoms with E-state index < -0.39 is 5.92 Å².